The third-order valence-electron chi connectivity index (χ3n) is 4.88. The smallest absolute Gasteiger partial charge is 0.416 e. The largest absolute Gasteiger partial charge is 0.478 e. The lowest BCUT2D eigenvalue weighted by molar-refractivity contribution is -0.138. The van der Waals surface area contributed by atoms with Gasteiger partial charge in [0.2, 0.25) is 0 Å². The third kappa shape index (κ3) is 4.50. The van der Waals surface area contributed by atoms with E-state index in [0.717, 1.165) is 24.3 Å². The SMILES string of the molecule is O=C(O)c1ccc2nc(-c3ccc(C(F)(F)F)cc3)c(-c3ccc(C(F)(F)F)cc3)nc2c1. The second kappa shape index (κ2) is 7.88. The molecule has 1 heterocycles. The first kappa shape index (κ1) is 22.3. The average molecular weight is 462 g/mol. The van der Waals surface area contributed by atoms with Crippen molar-refractivity contribution in [1.29, 1.82) is 0 Å². The summed E-state index contributed by atoms with van der Waals surface area (Å²) in [7, 11) is 0. The molecule has 3 aromatic carbocycles. The molecule has 4 rings (SSSR count). The molecule has 1 aromatic heterocycles. The topological polar surface area (TPSA) is 63.1 Å². The molecule has 0 saturated heterocycles. The Morgan fingerprint density at radius 3 is 1.45 bits per heavy atom. The number of benzene rings is 3. The normalized spacial score (nSPS) is 12.2. The van der Waals surface area contributed by atoms with Crippen LogP contribution in [0.1, 0.15) is 21.5 Å². The Hall–Kier alpha value is -3.95. The highest BCUT2D eigenvalue weighted by Crippen LogP contribution is 2.36. The molecule has 4 nitrogen and oxygen atoms in total. The highest BCUT2D eigenvalue weighted by molar-refractivity contribution is 5.94. The van der Waals surface area contributed by atoms with Gasteiger partial charge in [0.05, 0.1) is 39.1 Å². The Bertz CT molecular complexity index is 1350. The molecule has 168 valence electrons. The maximum atomic E-state index is 13.0. The van der Waals surface area contributed by atoms with E-state index in [4.69, 9.17) is 0 Å². The summed E-state index contributed by atoms with van der Waals surface area (Å²) < 4.78 is 77.7. The van der Waals surface area contributed by atoms with Gasteiger partial charge in [0.1, 0.15) is 0 Å². The van der Waals surface area contributed by atoms with Crippen LogP contribution < -0.4 is 0 Å². The standard InChI is InChI=1S/C23H12F6N2O2/c24-22(25,26)15-6-1-12(2-7-15)19-20(13-3-8-16(9-4-13)23(27,28)29)31-18-11-14(21(32)33)5-10-17(18)30-19/h1-11H,(H,32,33). The first-order valence-corrected chi connectivity index (χ1v) is 9.34. The number of carboxylic acid groups (broad SMARTS) is 1. The Morgan fingerprint density at radius 1 is 0.636 bits per heavy atom. The molecule has 0 radical (unpaired) electrons. The number of rotatable bonds is 3. The molecule has 0 spiro atoms. The number of fused-ring (bicyclic) bond motifs is 1. The summed E-state index contributed by atoms with van der Waals surface area (Å²) in [6.45, 7) is 0. The van der Waals surface area contributed by atoms with Gasteiger partial charge in [0.15, 0.2) is 0 Å². The average Bonchev–Trinajstić information content (AvgIpc) is 2.77. The fourth-order valence-corrected chi connectivity index (χ4v) is 3.22. The van der Waals surface area contributed by atoms with Crippen LogP contribution in [-0.4, -0.2) is 21.0 Å². The van der Waals surface area contributed by atoms with Gasteiger partial charge in [0, 0.05) is 11.1 Å². The van der Waals surface area contributed by atoms with E-state index in [1.54, 1.807) is 0 Å². The Morgan fingerprint density at radius 2 is 1.06 bits per heavy atom. The summed E-state index contributed by atoms with van der Waals surface area (Å²) in [6, 6.07) is 12.1. The second-order valence-electron chi connectivity index (χ2n) is 7.08. The maximum Gasteiger partial charge on any atom is 0.416 e. The number of halogens is 6. The minimum absolute atomic E-state index is 0.0718. The highest BCUT2D eigenvalue weighted by atomic mass is 19.4. The van der Waals surface area contributed by atoms with Crippen LogP contribution >= 0.6 is 0 Å². The molecule has 0 fully saturated rings. The van der Waals surface area contributed by atoms with Crippen LogP contribution in [0.25, 0.3) is 33.5 Å². The fourth-order valence-electron chi connectivity index (χ4n) is 3.22. The number of hydrogen-bond donors (Lipinski definition) is 1. The van der Waals surface area contributed by atoms with Crippen molar-refractivity contribution in [3.8, 4) is 22.5 Å². The minimum atomic E-state index is -4.56. The molecule has 10 heteroatoms. The molecular formula is C23H12F6N2O2. The lowest BCUT2D eigenvalue weighted by Gasteiger charge is -2.13. The van der Waals surface area contributed by atoms with Crippen molar-refractivity contribution in [1.82, 2.24) is 9.97 Å². The summed E-state index contributed by atoms with van der Waals surface area (Å²) in [5, 5.41) is 9.22. The molecule has 0 aliphatic carbocycles. The van der Waals surface area contributed by atoms with E-state index in [1.807, 2.05) is 0 Å². The number of aromatic nitrogens is 2. The van der Waals surface area contributed by atoms with Gasteiger partial charge in [-0.25, -0.2) is 14.8 Å². The van der Waals surface area contributed by atoms with Crippen LogP contribution in [0.4, 0.5) is 26.3 Å². The fraction of sp³-hybridized carbons (Fsp3) is 0.0870. The first-order chi connectivity index (χ1) is 15.4. The van der Waals surface area contributed by atoms with E-state index in [-0.39, 0.29) is 39.1 Å². The summed E-state index contributed by atoms with van der Waals surface area (Å²) in [5.41, 5.74) is -0.671. The zero-order valence-electron chi connectivity index (χ0n) is 16.4. The lowest BCUT2D eigenvalue weighted by atomic mass is 10.0. The summed E-state index contributed by atoms with van der Waals surface area (Å²) in [5.74, 6) is -1.21. The van der Waals surface area contributed by atoms with Crippen molar-refractivity contribution in [2.45, 2.75) is 12.4 Å². The summed E-state index contributed by atoms with van der Waals surface area (Å²) in [4.78, 5) is 20.1. The van der Waals surface area contributed by atoms with Gasteiger partial charge < -0.3 is 5.11 Å². The predicted octanol–water partition coefficient (Wildman–Crippen LogP) is 6.70. The molecule has 0 aliphatic rings. The van der Waals surface area contributed by atoms with Gasteiger partial charge >= 0.3 is 18.3 Å². The molecule has 0 unspecified atom stereocenters. The van der Waals surface area contributed by atoms with E-state index in [2.05, 4.69) is 9.97 Å². The molecule has 0 atom stereocenters. The van der Waals surface area contributed by atoms with Crippen LogP contribution in [0.15, 0.2) is 66.7 Å². The lowest BCUT2D eigenvalue weighted by Crippen LogP contribution is -2.05. The van der Waals surface area contributed by atoms with Crippen LogP contribution in [0.2, 0.25) is 0 Å². The number of carboxylic acids is 1. The van der Waals surface area contributed by atoms with E-state index in [0.29, 0.717) is 0 Å². The van der Waals surface area contributed by atoms with Crippen molar-refractivity contribution in [3.63, 3.8) is 0 Å². The minimum Gasteiger partial charge on any atom is -0.478 e. The summed E-state index contributed by atoms with van der Waals surface area (Å²) >= 11 is 0. The number of alkyl halides is 6. The Balaban J connectivity index is 1.92. The first-order valence-electron chi connectivity index (χ1n) is 9.34. The molecule has 33 heavy (non-hydrogen) atoms. The molecule has 0 amide bonds. The van der Waals surface area contributed by atoms with Crippen LogP contribution in [-0.2, 0) is 12.4 Å². The van der Waals surface area contributed by atoms with E-state index in [9.17, 15) is 36.2 Å². The number of hydrogen-bond acceptors (Lipinski definition) is 3. The van der Waals surface area contributed by atoms with Crippen LogP contribution in [0, 0.1) is 0 Å². The highest BCUT2D eigenvalue weighted by Gasteiger charge is 2.31. The molecule has 1 N–H and O–H groups in total. The third-order valence-corrected chi connectivity index (χ3v) is 4.88. The second-order valence-corrected chi connectivity index (χ2v) is 7.08. The molecular weight excluding hydrogens is 450 g/mol. The quantitative estimate of drug-likeness (QED) is 0.344. The zero-order valence-corrected chi connectivity index (χ0v) is 16.4. The molecule has 0 aliphatic heterocycles. The van der Waals surface area contributed by atoms with Crippen molar-refractivity contribution < 1.29 is 36.2 Å². The van der Waals surface area contributed by atoms with Gasteiger partial charge in [-0.3, -0.25) is 0 Å². The van der Waals surface area contributed by atoms with Crippen molar-refractivity contribution >= 4 is 17.0 Å². The zero-order chi connectivity index (χ0) is 24.0. The van der Waals surface area contributed by atoms with Crippen LogP contribution in [0.3, 0.4) is 0 Å². The monoisotopic (exact) mass is 462 g/mol. The Labute approximate surface area is 182 Å². The van der Waals surface area contributed by atoms with E-state index >= 15 is 0 Å². The van der Waals surface area contributed by atoms with Crippen molar-refractivity contribution in [3.05, 3.63) is 83.4 Å². The number of aromatic carboxylic acids is 1. The molecule has 0 bridgehead atoms. The Kier molecular flexibility index (Phi) is 5.31. The van der Waals surface area contributed by atoms with Crippen LogP contribution in [0.5, 0.6) is 0 Å². The molecule has 4 aromatic rings. The van der Waals surface area contributed by atoms with E-state index in [1.165, 1.54) is 42.5 Å². The number of carbonyl (C=O) groups is 1. The van der Waals surface area contributed by atoms with Crippen molar-refractivity contribution in [2.75, 3.05) is 0 Å². The van der Waals surface area contributed by atoms with Gasteiger partial charge in [-0.2, -0.15) is 26.3 Å². The van der Waals surface area contributed by atoms with Gasteiger partial charge in [-0.15, -0.1) is 0 Å². The van der Waals surface area contributed by atoms with E-state index < -0.39 is 29.4 Å². The van der Waals surface area contributed by atoms with Gasteiger partial charge in [0.25, 0.3) is 0 Å². The number of nitrogens with zero attached hydrogens (tertiary/aromatic N) is 2. The summed E-state index contributed by atoms with van der Waals surface area (Å²) in [6.07, 6.45) is -9.10. The maximum absolute atomic E-state index is 13.0. The van der Waals surface area contributed by atoms with Crippen molar-refractivity contribution in [2.24, 2.45) is 0 Å². The molecule has 0 saturated carbocycles. The van der Waals surface area contributed by atoms with Gasteiger partial charge in [-0.1, -0.05) is 24.3 Å². The van der Waals surface area contributed by atoms with Gasteiger partial charge in [-0.05, 0) is 42.5 Å². The predicted molar refractivity (Wildman–Crippen MR) is 107 cm³/mol.